The van der Waals surface area contributed by atoms with Gasteiger partial charge in [-0.3, -0.25) is 4.79 Å². The highest BCUT2D eigenvalue weighted by atomic mass is 32.2. The van der Waals surface area contributed by atoms with Crippen LogP contribution in [0.5, 0.6) is 11.5 Å². The van der Waals surface area contributed by atoms with Gasteiger partial charge in [0.15, 0.2) is 16.7 Å². The highest BCUT2D eigenvalue weighted by Gasteiger charge is 2.33. The van der Waals surface area contributed by atoms with Gasteiger partial charge in [0.2, 0.25) is 5.91 Å². The normalized spacial score (nSPS) is 17.9. The summed E-state index contributed by atoms with van der Waals surface area (Å²) < 4.78 is 49.7. The maximum absolute atomic E-state index is 12.9. The SMILES string of the molecule is COc1cc(/C=N/N=C2\NC(=O)C(Cc3cccc(C(F)(F)F)c3)S2)ccc1OC(C)C. The lowest BCUT2D eigenvalue weighted by Crippen LogP contribution is -2.26. The number of thioether (sulfide) groups is 1. The van der Waals surface area contributed by atoms with Crippen LogP contribution in [-0.2, 0) is 17.4 Å². The Hall–Kier alpha value is -3.01. The van der Waals surface area contributed by atoms with Crippen molar-refractivity contribution < 1.29 is 27.4 Å². The minimum Gasteiger partial charge on any atom is -0.493 e. The molecule has 1 N–H and O–H groups in total. The van der Waals surface area contributed by atoms with E-state index in [4.69, 9.17) is 9.47 Å². The van der Waals surface area contributed by atoms with Crippen LogP contribution in [0.1, 0.15) is 30.5 Å². The van der Waals surface area contributed by atoms with E-state index in [9.17, 15) is 18.0 Å². The van der Waals surface area contributed by atoms with Gasteiger partial charge in [0.05, 0.1) is 30.2 Å². The zero-order valence-corrected chi connectivity index (χ0v) is 18.5. The summed E-state index contributed by atoms with van der Waals surface area (Å²) in [5.41, 5.74) is 0.405. The molecule has 0 aromatic heterocycles. The van der Waals surface area contributed by atoms with E-state index in [1.165, 1.54) is 12.3 Å². The van der Waals surface area contributed by atoms with E-state index in [-0.39, 0.29) is 23.6 Å². The average Bonchev–Trinajstić information content (AvgIpc) is 3.07. The van der Waals surface area contributed by atoms with Crippen LogP contribution in [0.15, 0.2) is 52.7 Å². The van der Waals surface area contributed by atoms with Gasteiger partial charge in [-0.1, -0.05) is 30.0 Å². The van der Waals surface area contributed by atoms with Gasteiger partial charge < -0.3 is 14.8 Å². The molecule has 1 amide bonds. The van der Waals surface area contributed by atoms with E-state index in [0.717, 1.165) is 29.5 Å². The van der Waals surface area contributed by atoms with Crippen molar-refractivity contribution in [2.45, 2.75) is 37.8 Å². The Morgan fingerprint density at radius 1 is 1.19 bits per heavy atom. The Balaban J connectivity index is 1.65. The lowest BCUT2D eigenvalue weighted by molar-refractivity contribution is -0.137. The molecular weight excluding hydrogens is 443 g/mol. The maximum Gasteiger partial charge on any atom is 0.416 e. The number of rotatable bonds is 7. The zero-order chi connectivity index (χ0) is 23.3. The summed E-state index contributed by atoms with van der Waals surface area (Å²) in [7, 11) is 1.54. The first-order valence-corrected chi connectivity index (χ1v) is 10.6. The van der Waals surface area contributed by atoms with Crippen LogP contribution in [-0.4, -0.2) is 35.8 Å². The standard InChI is InChI=1S/C22H22F3N3O3S/c1-13(2)31-17-8-7-15(10-18(17)30-3)12-26-28-21-27-20(29)19(32-21)11-14-5-4-6-16(9-14)22(23,24)25/h4-10,12-13,19H,11H2,1-3H3,(H,27,28,29)/b26-12+. The summed E-state index contributed by atoms with van der Waals surface area (Å²) in [6.07, 6.45) is -2.77. The van der Waals surface area contributed by atoms with Crippen LogP contribution < -0.4 is 14.8 Å². The second-order valence-corrected chi connectivity index (χ2v) is 8.42. The first kappa shape index (κ1) is 23.6. The van der Waals surface area contributed by atoms with Crippen molar-refractivity contribution in [1.82, 2.24) is 5.32 Å². The Bertz CT molecular complexity index is 1040. The fraction of sp³-hybridized carbons (Fsp3) is 0.318. The molecule has 3 rings (SSSR count). The number of methoxy groups -OCH3 is 1. The van der Waals surface area contributed by atoms with Gasteiger partial charge in [-0.05, 0) is 55.7 Å². The van der Waals surface area contributed by atoms with Gasteiger partial charge in [0.1, 0.15) is 0 Å². The Labute approximate surface area is 187 Å². The predicted octanol–water partition coefficient (Wildman–Crippen LogP) is 4.67. The van der Waals surface area contributed by atoms with Crippen molar-refractivity contribution in [3.8, 4) is 11.5 Å². The van der Waals surface area contributed by atoms with Gasteiger partial charge in [-0.25, -0.2) is 0 Å². The molecule has 0 aliphatic carbocycles. The van der Waals surface area contributed by atoms with Gasteiger partial charge in [0.25, 0.3) is 0 Å². The number of nitrogens with one attached hydrogen (secondary N) is 1. The van der Waals surface area contributed by atoms with Crippen molar-refractivity contribution in [2.75, 3.05) is 7.11 Å². The number of halogens is 3. The van der Waals surface area contributed by atoms with E-state index in [1.807, 2.05) is 13.8 Å². The van der Waals surface area contributed by atoms with E-state index in [2.05, 4.69) is 15.5 Å². The summed E-state index contributed by atoms with van der Waals surface area (Å²) in [6.45, 7) is 3.83. The number of hydrogen-bond acceptors (Lipinski definition) is 6. The maximum atomic E-state index is 12.9. The molecule has 0 saturated carbocycles. The van der Waals surface area contributed by atoms with E-state index < -0.39 is 17.0 Å². The molecule has 6 nitrogen and oxygen atoms in total. The molecule has 1 fully saturated rings. The fourth-order valence-corrected chi connectivity index (χ4v) is 3.90. The fourth-order valence-electron chi connectivity index (χ4n) is 2.94. The number of benzene rings is 2. The smallest absolute Gasteiger partial charge is 0.416 e. The van der Waals surface area contributed by atoms with Crippen LogP contribution in [0, 0.1) is 0 Å². The lowest BCUT2D eigenvalue weighted by Gasteiger charge is -2.13. The number of alkyl halides is 3. The monoisotopic (exact) mass is 465 g/mol. The largest absolute Gasteiger partial charge is 0.493 e. The van der Waals surface area contributed by atoms with Crippen LogP contribution in [0.3, 0.4) is 0 Å². The third-order valence-electron chi connectivity index (χ3n) is 4.36. The van der Waals surface area contributed by atoms with Gasteiger partial charge >= 0.3 is 6.18 Å². The quantitative estimate of drug-likeness (QED) is 0.477. The zero-order valence-electron chi connectivity index (χ0n) is 17.6. The molecule has 32 heavy (non-hydrogen) atoms. The van der Waals surface area contributed by atoms with E-state index in [0.29, 0.717) is 17.1 Å². The number of carbonyl (C=O) groups is 1. The lowest BCUT2D eigenvalue weighted by atomic mass is 10.1. The number of ether oxygens (including phenoxy) is 2. The third-order valence-corrected chi connectivity index (χ3v) is 5.43. The number of amides is 1. The minimum absolute atomic E-state index is 0.00158. The minimum atomic E-state index is -4.43. The van der Waals surface area contributed by atoms with Crippen LogP contribution in [0.25, 0.3) is 0 Å². The highest BCUT2D eigenvalue weighted by Crippen LogP contribution is 2.31. The number of carbonyl (C=O) groups excluding carboxylic acids is 1. The third kappa shape index (κ3) is 6.25. The molecule has 1 heterocycles. The average molecular weight is 465 g/mol. The Kier molecular flexibility index (Phi) is 7.44. The van der Waals surface area contributed by atoms with E-state index in [1.54, 1.807) is 31.4 Å². The topological polar surface area (TPSA) is 72.3 Å². The summed E-state index contributed by atoms with van der Waals surface area (Å²) in [5.74, 6) is 0.847. The van der Waals surface area contributed by atoms with E-state index >= 15 is 0 Å². The predicted molar refractivity (Wildman–Crippen MR) is 118 cm³/mol. The molecule has 1 unspecified atom stereocenters. The highest BCUT2D eigenvalue weighted by molar-refractivity contribution is 8.15. The molecule has 0 bridgehead atoms. The summed E-state index contributed by atoms with van der Waals surface area (Å²) >= 11 is 1.13. The molecule has 1 aliphatic heterocycles. The number of hydrogen-bond donors (Lipinski definition) is 1. The first-order chi connectivity index (χ1) is 15.2. The van der Waals surface area contributed by atoms with Gasteiger partial charge in [-0.2, -0.15) is 18.3 Å². The second-order valence-electron chi connectivity index (χ2n) is 7.22. The summed E-state index contributed by atoms with van der Waals surface area (Å²) in [5, 5.41) is 10.3. The molecule has 1 saturated heterocycles. The molecule has 2 aromatic carbocycles. The molecule has 0 spiro atoms. The first-order valence-electron chi connectivity index (χ1n) is 9.75. The Morgan fingerprint density at radius 3 is 2.66 bits per heavy atom. The summed E-state index contributed by atoms with van der Waals surface area (Å²) in [4.78, 5) is 12.2. The van der Waals surface area contributed by atoms with Crippen molar-refractivity contribution >= 4 is 29.1 Å². The van der Waals surface area contributed by atoms with Crippen LogP contribution in [0.2, 0.25) is 0 Å². The van der Waals surface area contributed by atoms with Crippen molar-refractivity contribution in [3.05, 3.63) is 59.2 Å². The van der Waals surface area contributed by atoms with Crippen LogP contribution in [0.4, 0.5) is 13.2 Å². The van der Waals surface area contributed by atoms with Crippen molar-refractivity contribution in [2.24, 2.45) is 10.2 Å². The second kappa shape index (κ2) is 10.1. The number of amidine groups is 1. The molecular formula is C22H22F3N3O3S. The molecule has 170 valence electrons. The summed E-state index contributed by atoms with van der Waals surface area (Å²) in [6, 6.07) is 10.3. The number of nitrogens with zero attached hydrogens (tertiary/aromatic N) is 2. The van der Waals surface area contributed by atoms with Gasteiger partial charge in [0, 0.05) is 0 Å². The molecule has 1 atom stereocenters. The van der Waals surface area contributed by atoms with Crippen molar-refractivity contribution in [3.63, 3.8) is 0 Å². The molecule has 0 radical (unpaired) electrons. The molecule has 10 heteroatoms. The van der Waals surface area contributed by atoms with Crippen molar-refractivity contribution in [1.29, 1.82) is 0 Å². The van der Waals surface area contributed by atoms with Gasteiger partial charge in [-0.15, -0.1) is 5.10 Å². The molecule has 1 aliphatic rings. The van der Waals surface area contributed by atoms with Crippen LogP contribution >= 0.6 is 11.8 Å². The Morgan fingerprint density at radius 2 is 1.97 bits per heavy atom. The molecule has 2 aromatic rings.